The molecule has 6 nitrogen and oxygen atoms in total. The Kier molecular flexibility index (Phi) is 8.67. The maximum Gasteiger partial charge on any atom is 0.241 e. The highest BCUT2D eigenvalue weighted by atomic mass is 127. The molecule has 1 heterocycles. The third kappa shape index (κ3) is 4.97. The molecule has 0 unspecified atom stereocenters. The van der Waals surface area contributed by atoms with Gasteiger partial charge in [-0.3, -0.25) is 4.79 Å². The van der Waals surface area contributed by atoms with Gasteiger partial charge in [0.2, 0.25) is 5.91 Å². The minimum Gasteiger partial charge on any atom is -0.383 e. The lowest BCUT2D eigenvalue weighted by atomic mass is 9.65. The number of nitrogens with one attached hydrogen (secondary N) is 2. The van der Waals surface area contributed by atoms with Crippen molar-refractivity contribution in [2.75, 3.05) is 39.9 Å². The maximum absolute atomic E-state index is 11.7. The van der Waals surface area contributed by atoms with E-state index in [1.54, 1.807) is 7.11 Å². The zero-order valence-corrected chi connectivity index (χ0v) is 17.0. The van der Waals surface area contributed by atoms with Gasteiger partial charge in [-0.15, -0.1) is 24.0 Å². The highest BCUT2D eigenvalue weighted by molar-refractivity contribution is 14.0. The van der Waals surface area contributed by atoms with E-state index in [0.717, 1.165) is 19.0 Å². The minimum absolute atomic E-state index is 0. The zero-order chi connectivity index (χ0) is 16.1. The summed E-state index contributed by atoms with van der Waals surface area (Å²) in [7, 11) is 1.61. The standard InChI is InChI=1S/C15H30N4O2.HI/c1-7-16-13(18-10-12(20)17-8-9-21-6)19-11-14(2,3)15(19,4)5;/h7-11H2,1-6H3,(H,16,18)(H,17,20);1H. The summed E-state index contributed by atoms with van der Waals surface area (Å²) in [6.07, 6.45) is 0. The number of likely N-dealkylation sites (tertiary alicyclic amines) is 1. The van der Waals surface area contributed by atoms with Crippen LogP contribution in [0.5, 0.6) is 0 Å². The summed E-state index contributed by atoms with van der Waals surface area (Å²) in [5.74, 6) is 0.726. The van der Waals surface area contributed by atoms with Crippen molar-refractivity contribution >= 4 is 35.8 Å². The van der Waals surface area contributed by atoms with Gasteiger partial charge >= 0.3 is 0 Å². The van der Waals surface area contributed by atoms with Gasteiger partial charge in [0.25, 0.3) is 0 Å². The van der Waals surface area contributed by atoms with Crippen molar-refractivity contribution in [3.63, 3.8) is 0 Å². The number of aliphatic imine (C=N–C) groups is 1. The van der Waals surface area contributed by atoms with E-state index in [9.17, 15) is 4.79 Å². The van der Waals surface area contributed by atoms with E-state index < -0.39 is 0 Å². The summed E-state index contributed by atoms with van der Waals surface area (Å²) in [6.45, 7) is 13.9. The van der Waals surface area contributed by atoms with Gasteiger partial charge in [0, 0.05) is 37.7 Å². The van der Waals surface area contributed by atoms with Crippen LogP contribution in [-0.2, 0) is 9.53 Å². The first-order chi connectivity index (χ1) is 9.76. The van der Waals surface area contributed by atoms with E-state index in [-0.39, 0.29) is 47.4 Å². The zero-order valence-electron chi connectivity index (χ0n) is 14.7. The number of hydrogen-bond acceptors (Lipinski definition) is 3. The van der Waals surface area contributed by atoms with E-state index in [4.69, 9.17) is 4.74 Å². The first-order valence-electron chi connectivity index (χ1n) is 7.58. The lowest BCUT2D eigenvalue weighted by Crippen LogP contribution is -2.72. The molecule has 2 N–H and O–H groups in total. The molecule has 1 aliphatic heterocycles. The summed E-state index contributed by atoms with van der Waals surface area (Å²) in [6, 6.07) is 0. The first-order valence-corrected chi connectivity index (χ1v) is 7.58. The number of carbonyl (C=O) groups excluding carboxylic acids is 1. The average Bonchev–Trinajstić information content (AvgIpc) is 2.41. The van der Waals surface area contributed by atoms with Crippen LogP contribution in [-0.4, -0.2) is 62.2 Å². The summed E-state index contributed by atoms with van der Waals surface area (Å²) in [5, 5.41) is 6.05. The molecule has 1 fully saturated rings. The Bertz CT molecular complexity index is 397. The fourth-order valence-electron chi connectivity index (χ4n) is 2.29. The van der Waals surface area contributed by atoms with Crippen molar-refractivity contribution in [2.45, 2.75) is 40.2 Å². The fourth-order valence-corrected chi connectivity index (χ4v) is 2.29. The van der Waals surface area contributed by atoms with Gasteiger partial charge < -0.3 is 20.3 Å². The Morgan fingerprint density at radius 1 is 1.27 bits per heavy atom. The molecule has 0 radical (unpaired) electrons. The van der Waals surface area contributed by atoms with Crippen molar-refractivity contribution in [3.05, 3.63) is 0 Å². The van der Waals surface area contributed by atoms with Crippen LogP contribution >= 0.6 is 24.0 Å². The lowest BCUT2D eigenvalue weighted by Gasteiger charge is -2.62. The number of guanidine groups is 1. The van der Waals surface area contributed by atoms with Gasteiger partial charge in [0.15, 0.2) is 5.96 Å². The molecule has 130 valence electrons. The van der Waals surface area contributed by atoms with Crippen molar-refractivity contribution in [3.8, 4) is 0 Å². The number of carbonyl (C=O) groups is 1. The van der Waals surface area contributed by atoms with Crippen LogP contribution < -0.4 is 10.6 Å². The van der Waals surface area contributed by atoms with Crippen molar-refractivity contribution < 1.29 is 9.53 Å². The van der Waals surface area contributed by atoms with E-state index in [0.29, 0.717) is 13.2 Å². The molecular weight excluding hydrogens is 395 g/mol. The summed E-state index contributed by atoms with van der Waals surface area (Å²) in [5.41, 5.74) is 0.268. The Morgan fingerprint density at radius 3 is 2.36 bits per heavy atom. The molecule has 1 saturated heterocycles. The molecule has 0 aliphatic carbocycles. The molecule has 0 aromatic heterocycles. The van der Waals surface area contributed by atoms with Crippen LogP contribution in [0, 0.1) is 5.41 Å². The molecule has 0 aromatic rings. The second-order valence-electron chi connectivity index (χ2n) is 6.54. The van der Waals surface area contributed by atoms with E-state index in [1.807, 2.05) is 6.92 Å². The highest BCUT2D eigenvalue weighted by Gasteiger charge is 2.53. The van der Waals surface area contributed by atoms with Gasteiger partial charge in [0.05, 0.1) is 6.61 Å². The molecule has 0 spiro atoms. The number of amides is 1. The Balaban J connectivity index is 0.00000441. The first kappa shape index (κ1) is 21.4. The number of methoxy groups -OCH3 is 1. The van der Waals surface area contributed by atoms with Gasteiger partial charge in [0.1, 0.15) is 6.54 Å². The highest BCUT2D eigenvalue weighted by Crippen LogP contribution is 2.46. The van der Waals surface area contributed by atoms with Crippen LogP contribution in [0.1, 0.15) is 34.6 Å². The molecule has 0 aromatic carbocycles. The van der Waals surface area contributed by atoms with E-state index >= 15 is 0 Å². The molecule has 0 atom stereocenters. The summed E-state index contributed by atoms with van der Waals surface area (Å²) < 4.78 is 4.90. The topological polar surface area (TPSA) is 66.0 Å². The maximum atomic E-state index is 11.7. The lowest BCUT2D eigenvalue weighted by molar-refractivity contribution is -0.119. The van der Waals surface area contributed by atoms with Crippen molar-refractivity contribution in [2.24, 2.45) is 10.4 Å². The molecule has 7 heteroatoms. The number of hydrogen-bond donors (Lipinski definition) is 2. The third-order valence-corrected chi connectivity index (χ3v) is 4.48. The van der Waals surface area contributed by atoms with Crippen LogP contribution in [0.25, 0.3) is 0 Å². The normalized spacial score (nSPS) is 19.0. The van der Waals surface area contributed by atoms with Crippen LogP contribution in [0.3, 0.4) is 0 Å². The third-order valence-electron chi connectivity index (χ3n) is 4.48. The van der Waals surface area contributed by atoms with Crippen molar-refractivity contribution in [1.29, 1.82) is 0 Å². The smallest absolute Gasteiger partial charge is 0.241 e. The Morgan fingerprint density at radius 2 is 1.91 bits per heavy atom. The van der Waals surface area contributed by atoms with Crippen LogP contribution in [0.2, 0.25) is 0 Å². The van der Waals surface area contributed by atoms with E-state index in [1.165, 1.54) is 0 Å². The molecular formula is C15H31IN4O2. The molecule has 0 saturated carbocycles. The number of rotatable bonds is 6. The predicted octanol–water partition coefficient (Wildman–Crippen LogP) is 1.45. The minimum atomic E-state index is -0.0833. The molecule has 0 bridgehead atoms. The van der Waals surface area contributed by atoms with Gasteiger partial charge in [-0.2, -0.15) is 0 Å². The van der Waals surface area contributed by atoms with E-state index in [2.05, 4.69) is 48.2 Å². The molecule has 1 amide bonds. The molecule has 22 heavy (non-hydrogen) atoms. The Hall–Kier alpha value is -0.570. The molecule has 1 aliphatic rings. The Labute approximate surface area is 151 Å². The summed E-state index contributed by atoms with van der Waals surface area (Å²) in [4.78, 5) is 18.4. The number of halogens is 1. The second kappa shape index (κ2) is 8.90. The number of ether oxygens (including phenoxy) is 1. The average molecular weight is 426 g/mol. The predicted molar refractivity (Wildman–Crippen MR) is 101 cm³/mol. The van der Waals surface area contributed by atoms with Crippen molar-refractivity contribution in [1.82, 2.24) is 15.5 Å². The second-order valence-corrected chi connectivity index (χ2v) is 6.54. The summed E-state index contributed by atoms with van der Waals surface area (Å²) >= 11 is 0. The SMILES string of the molecule is CCNC(=NCC(=O)NCCOC)N1CC(C)(C)C1(C)C.I. The fraction of sp³-hybridized carbons (Fsp3) is 0.867. The quantitative estimate of drug-likeness (QED) is 0.292. The van der Waals surface area contributed by atoms with Crippen LogP contribution in [0.15, 0.2) is 4.99 Å². The molecule has 1 rings (SSSR count). The largest absolute Gasteiger partial charge is 0.383 e. The number of nitrogens with zero attached hydrogens (tertiary/aromatic N) is 2. The van der Waals surface area contributed by atoms with Gasteiger partial charge in [-0.05, 0) is 20.8 Å². The van der Waals surface area contributed by atoms with Gasteiger partial charge in [-0.1, -0.05) is 13.8 Å². The van der Waals surface area contributed by atoms with Crippen LogP contribution in [0.4, 0.5) is 0 Å². The monoisotopic (exact) mass is 426 g/mol. The van der Waals surface area contributed by atoms with Gasteiger partial charge in [-0.25, -0.2) is 4.99 Å².